The quantitative estimate of drug-likeness (QED) is 0.276. The number of thiazole rings is 1. The van der Waals surface area contributed by atoms with Gasteiger partial charge in [0.15, 0.2) is 15.5 Å². The zero-order valence-corrected chi connectivity index (χ0v) is 24.3. The molecule has 0 radical (unpaired) electrons. The number of ether oxygens (including phenoxy) is 1. The second-order valence-corrected chi connectivity index (χ2v) is 11.2. The van der Waals surface area contributed by atoms with Gasteiger partial charge in [0.05, 0.1) is 6.04 Å². The van der Waals surface area contributed by atoms with Gasteiger partial charge in [0.25, 0.3) is 5.56 Å². The van der Waals surface area contributed by atoms with Crippen molar-refractivity contribution < 1.29 is 14.3 Å². The third kappa shape index (κ3) is 6.12. The summed E-state index contributed by atoms with van der Waals surface area (Å²) in [6, 6.07) is 27.2. The zero-order valence-electron chi connectivity index (χ0n) is 23.5. The number of alkyl carbamates (subject to hydrolysis) is 1. The standard InChI is InChI=1S/C32H30N6O4S/c1-37-27(23-15-9-4-10-16-23)36-29-25(30(37)40)35-31(43-29)38-18-17-24(34-32(41)42-20-22-13-7-3-8-14-22)26(38)28(39)33-19-21-11-5-2-6-12-21/h2-16,24,26H,17-20H2,1H3,(H,33,39)(H,34,41)/t24-,26-/m1/s1. The van der Waals surface area contributed by atoms with Gasteiger partial charge in [0.2, 0.25) is 5.91 Å². The van der Waals surface area contributed by atoms with E-state index < -0.39 is 18.2 Å². The number of fused-ring (bicyclic) bond motifs is 1. The molecule has 1 saturated heterocycles. The summed E-state index contributed by atoms with van der Waals surface area (Å²) in [4.78, 5) is 51.6. The predicted molar refractivity (Wildman–Crippen MR) is 166 cm³/mol. The molecule has 218 valence electrons. The molecule has 0 bridgehead atoms. The van der Waals surface area contributed by atoms with Gasteiger partial charge in [-0.1, -0.05) is 102 Å². The molecule has 0 saturated carbocycles. The van der Waals surface area contributed by atoms with Crippen molar-refractivity contribution in [1.29, 1.82) is 0 Å². The number of carbonyl (C=O) groups is 2. The number of aromatic nitrogens is 3. The number of hydrogen-bond acceptors (Lipinski definition) is 8. The van der Waals surface area contributed by atoms with Crippen LogP contribution < -0.4 is 21.1 Å². The molecule has 2 amide bonds. The van der Waals surface area contributed by atoms with Crippen molar-refractivity contribution in [1.82, 2.24) is 25.2 Å². The van der Waals surface area contributed by atoms with Crippen LogP contribution in [0.3, 0.4) is 0 Å². The first-order valence-electron chi connectivity index (χ1n) is 14.0. The van der Waals surface area contributed by atoms with Crippen molar-refractivity contribution in [3.63, 3.8) is 0 Å². The monoisotopic (exact) mass is 594 g/mol. The van der Waals surface area contributed by atoms with Crippen LogP contribution >= 0.6 is 11.3 Å². The van der Waals surface area contributed by atoms with E-state index in [0.717, 1.165) is 16.7 Å². The number of nitrogens with zero attached hydrogens (tertiary/aromatic N) is 4. The van der Waals surface area contributed by atoms with Crippen molar-refractivity contribution >= 4 is 38.8 Å². The van der Waals surface area contributed by atoms with Gasteiger partial charge >= 0.3 is 6.09 Å². The van der Waals surface area contributed by atoms with E-state index in [0.29, 0.717) is 35.3 Å². The topological polar surface area (TPSA) is 118 Å². The number of carbonyl (C=O) groups excluding carboxylic acids is 2. The number of benzene rings is 3. The van der Waals surface area contributed by atoms with Crippen LogP contribution in [-0.4, -0.2) is 45.2 Å². The molecule has 1 fully saturated rings. The molecule has 6 rings (SSSR count). The van der Waals surface area contributed by atoms with Crippen molar-refractivity contribution in [2.24, 2.45) is 7.05 Å². The number of rotatable bonds is 8. The van der Waals surface area contributed by atoms with Gasteiger partial charge in [-0.3, -0.25) is 14.2 Å². The number of nitrogens with one attached hydrogen (secondary N) is 2. The van der Waals surface area contributed by atoms with Crippen molar-refractivity contribution in [2.45, 2.75) is 31.7 Å². The van der Waals surface area contributed by atoms with Crippen LogP contribution in [-0.2, 0) is 29.7 Å². The summed E-state index contributed by atoms with van der Waals surface area (Å²) in [5.41, 5.74) is 2.60. The van der Waals surface area contributed by atoms with Gasteiger partial charge < -0.3 is 20.3 Å². The lowest BCUT2D eigenvalue weighted by Crippen LogP contribution is -2.53. The molecule has 10 nitrogen and oxygen atoms in total. The fourth-order valence-electron chi connectivity index (χ4n) is 5.20. The lowest BCUT2D eigenvalue weighted by atomic mass is 10.1. The Labute approximate surface area is 252 Å². The molecule has 2 aromatic heterocycles. The fraction of sp³-hybridized carbons (Fsp3) is 0.219. The highest BCUT2D eigenvalue weighted by molar-refractivity contribution is 7.21. The van der Waals surface area contributed by atoms with Crippen LogP contribution in [0.2, 0.25) is 0 Å². The van der Waals surface area contributed by atoms with Crippen molar-refractivity contribution in [3.8, 4) is 11.4 Å². The molecule has 3 heterocycles. The zero-order chi connectivity index (χ0) is 29.8. The summed E-state index contributed by atoms with van der Waals surface area (Å²) < 4.78 is 6.94. The minimum Gasteiger partial charge on any atom is -0.445 e. The maximum absolute atomic E-state index is 13.7. The summed E-state index contributed by atoms with van der Waals surface area (Å²) in [6.07, 6.45) is -0.121. The molecule has 11 heteroatoms. The van der Waals surface area contributed by atoms with Gasteiger partial charge in [-0.05, 0) is 17.5 Å². The normalized spacial score (nSPS) is 16.3. The lowest BCUT2D eigenvalue weighted by molar-refractivity contribution is -0.122. The van der Waals surface area contributed by atoms with Gasteiger partial charge in [-0.2, -0.15) is 0 Å². The third-order valence-electron chi connectivity index (χ3n) is 7.40. The number of hydrogen-bond donors (Lipinski definition) is 2. The predicted octanol–water partition coefficient (Wildman–Crippen LogP) is 4.25. The minimum atomic E-state index is -0.772. The Morgan fingerprint density at radius 3 is 2.28 bits per heavy atom. The largest absolute Gasteiger partial charge is 0.445 e. The SMILES string of the molecule is Cn1c(-c2ccccc2)nc2sc(N3CC[C@@H](NC(=O)OCc4ccccc4)[C@@H]3C(=O)NCc3ccccc3)nc2c1=O. The Hall–Kier alpha value is -5.03. The van der Waals surface area contributed by atoms with Gasteiger partial charge in [-0.15, -0.1) is 0 Å². The maximum atomic E-state index is 13.7. The smallest absolute Gasteiger partial charge is 0.407 e. The summed E-state index contributed by atoms with van der Waals surface area (Å²) in [5.74, 6) is 0.271. The lowest BCUT2D eigenvalue weighted by Gasteiger charge is -2.27. The number of amides is 2. The van der Waals surface area contributed by atoms with Crippen molar-refractivity contribution in [2.75, 3.05) is 11.4 Å². The number of anilines is 1. The highest BCUT2D eigenvalue weighted by atomic mass is 32.1. The van der Waals surface area contributed by atoms with E-state index in [1.807, 2.05) is 95.9 Å². The van der Waals surface area contributed by atoms with Crippen LogP contribution in [0.5, 0.6) is 0 Å². The van der Waals surface area contributed by atoms with E-state index in [1.54, 1.807) is 7.05 Å². The van der Waals surface area contributed by atoms with Crippen LogP contribution in [0.15, 0.2) is 95.8 Å². The van der Waals surface area contributed by atoms with Gasteiger partial charge in [0.1, 0.15) is 18.5 Å². The highest BCUT2D eigenvalue weighted by Gasteiger charge is 2.42. The molecule has 1 aliphatic rings. The second kappa shape index (κ2) is 12.5. The molecule has 2 atom stereocenters. The summed E-state index contributed by atoms with van der Waals surface area (Å²) in [6.45, 7) is 0.890. The molecular weight excluding hydrogens is 564 g/mol. The van der Waals surface area contributed by atoms with Crippen LogP contribution in [0.25, 0.3) is 21.7 Å². The van der Waals surface area contributed by atoms with Gasteiger partial charge in [-0.25, -0.2) is 14.8 Å². The Morgan fingerprint density at radius 1 is 0.930 bits per heavy atom. The van der Waals surface area contributed by atoms with E-state index >= 15 is 0 Å². The Bertz CT molecular complexity index is 1790. The Kier molecular flexibility index (Phi) is 8.14. The second-order valence-electron chi connectivity index (χ2n) is 10.3. The molecule has 0 spiro atoms. The highest BCUT2D eigenvalue weighted by Crippen LogP contribution is 2.33. The van der Waals surface area contributed by atoms with E-state index in [-0.39, 0.29) is 23.6 Å². The Balaban J connectivity index is 1.27. The van der Waals surface area contributed by atoms with Crippen LogP contribution in [0.1, 0.15) is 17.5 Å². The molecule has 0 aliphatic carbocycles. The Morgan fingerprint density at radius 2 is 1.58 bits per heavy atom. The summed E-state index contributed by atoms with van der Waals surface area (Å²) in [5, 5.41) is 6.40. The van der Waals surface area contributed by atoms with E-state index in [2.05, 4.69) is 15.6 Å². The maximum Gasteiger partial charge on any atom is 0.407 e. The molecule has 3 aromatic carbocycles. The molecule has 2 N–H and O–H groups in total. The molecule has 0 unspecified atom stereocenters. The first kappa shape index (κ1) is 28.1. The van der Waals surface area contributed by atoms with Gasteiger partial charge in [0, 0.05) is 25.7 Å². The van der Waals surface area contributed by atoms with Crippen LogP contribution in [0, 0.1) is 0 Å². The molecule has 5 aromatic rings. The molecular formula is C32H30N6O4S. The third-order valence-corrected chi connectivity index (χ3v) is 8.39. The van der Waals surface area contributed by atoms with E-state index in [4.69, 9.17) is 9.72 Å². The van der Waals surface area contributed by atoms with E-state index in [9.17, 15) is 14.4 Å². The first-order chi connectivity index (χ1) is 21.0. The first-order valence-corrected chi connectivity index (χ1v) is 14.8. The average Bonchev–Trinajstić information content (AvgIpc) is 3.66. The minimum absolute atomic E-state index is 0.116. The van der Waals surface area contributed by atoms with Crippen molar-refractivity contribution in [3.05, 3.63) is 112 Å². The summed E-state index contributed by atoms with van der Waals surface area (Å²) >= 11 is 1.26. The van der Waals surface area contributed by atoms with Crippen LogP contribution in [0.4, 0.5) is 9.93 Å². The summed E-state index contributed by atoms with van der Waals surface area (Å²) in [7, 11) is 1.67. The fourth-order valence-corrected chi connectivity index (χ4v) is 6.19. The molecule has 1 aliphatic heterocycles. The van der Waals surface area contributed by atoms with E-state index in [1.165, 1.54) is 15.9 Å². The average molecular weight is 595 g/mol. The molecule has 43 heavy (non-hydrogen) atoms.